The predicted octanol–water partition coefficient (Wildman–Crippen LogP) is 0.837. The fraction of sp³-hybridized carbons (Fsp3) is 0. The van der Waals surface area contributed by atoms with Gasteiger partial charge in [0.15, 0.2) is 11.4 Å². The number of nitrogens with one attached hydrogen (secondary N) is 1. The SMILES string of the molecule is NC(=O)c1c[nH]nn1.O=C(O)c1nccc2ccccc12. The molecule has 0 bridgehead atoms. The van der Waals surface area contributed by atoms with Gasteiger partial charge in [0.2, 0.25) is 0 Å². The van der Waals surface area contributed by atoms with E-state index in [1.165, 1.54) is 12.4 Å². The molecule has 3 aromatic rings. The summed E-state index contributed by atoms with van der Waals surface area (Å²) >= 11 is 0. The Kier molecular flexibility index (Phi) is 4.20. The minimum atomic E-state index is -0.989. The number of rotatable bonds is 2. The molecular formula is C13H11N5O3. The molecule has 0 fully saturated rings. The van der Waals surface area contributed by atoms with Crippen molar-refractivity contribution in [2.45, 2.75) is 0 Å². The Morgan fingerprint density at radius 3 is 2.52 bits per heavy atom. The van der Waals surface area contributed by atoms with Gasteiger partial charge in [0, 0.05) is 11.6 Å². The Morgan fingerprint density at radius 1 is 1.19 bits per heavy atom. The van der Waals surface area contributed by atoms with E-state index in [2.05, 4.69) is 20.4 Å². The molecule has 0 radical (unpaired) electrons. The number of amides is 1. The standard InChI is InChI=1S/C10H7NO2.C3H4N4O/c12-10(13)9-8-4-2-1-3-7(8)5-6-11-9;4-3(8)2-1-5-7-6-2/h1-6H,(H,12,13);1H,(H2,4,8)(H,5,6,7). The number of primary amides is 1. The van der Waals surface area contributed by atoms with Gasteiger partial charge < -0.3 is 10.8 Å². The number of fused-ring (bicyclic) bond motifs is 1. The van der Waals surface area contributed by atoms with Crippen LogP contribution in [0, 0.1) is 0 Å². The van der Waals surface area contributed by atoms with Crippen molar-refractivity contribution in [2.75, 3.05) is 0 Å². The predicted molar refractivity (Wildman–Crippen MR) is 73.6 cm³/mol. The van der Waals surface area contributed by atoms with E-state index in [9.17, 15) is 9.59 Å². The third kappa shape index (κ3) is 3.38. The summed E-state index contributed by atoms with van der Waals surface area (Å²) < 4.78 is 0. The van der Waals surface area contributed by atoms with Crippen molar-refractivity contribution in [2.24, 2.45) is 5.73 Å². The third-order valence-electron chi connectivity index (χ3n) is 2.55. The average Bonchev–Trinajstić information content (AvgIpc) is 3.01. The molecule has 4 N–H and O–H groups in total. The molecule has 2 aromatic heterocycles. The third-order valence-corrected chi connectivity index (χ3v) is 2.55. The largest absolute Gasteiger partial charge is 0.476 e. The molecule has 0 aliphatic carbocycles. The zero-order valence-corrected chi connectivity index (χ0v) is 10.7. The highest BCUT2D eigenvalue weighted by atomic mass is 16.4. The van der Waals surface area contributed by atoms with Crippen molar-refractivity contribution in [3.63, 3.8) is 0 Å². The van der Waals surface area contributed by atoms with Crippen LogP contribution in [0.5, 0.6) is 0 Å². The zero-order chi connectivity index (χ0) is 15.2. The highest BCUT2D eigenvalue weighted by molar-refractivity contribution is 6.01. The highest BCUT2D eigenvalue weighted by Gasteiger charge is 2.07. The monoisotopic (exact) mass is 285 g/mol. The number of nitrogens with zero attached hydrogens (tertiary/aromatic N) is 3. The van der Waals surface area contributed by atoms with Crippen LogP contribution < -0.4 is 5.73 Å². The van der Waals surface area contributed by atoms with Crippen LogP contribution in [0.15, 0.2) is 42.7 Å². The molecule has 8 nitrogen and oxygen atoms in total. The first-order valence-electron chi connectivity index (χ1n) is 5.83. The van der Waals surface area contributed by atoms with Crippen LogP contribution in [-0.2, 0) is 0 Å². The normalized spacial score (nSPS) is 9.71. The number of aromatic carboxylic acids is 1. The lowest BCUT2D eigenvalue weighted by Crippen LogP contribution is -2.10. The lowest BCUT2D eigenvalue weighted by Gasteiger charge is -1.99. The maximum atomic E-state index is 10.8. The van der Waals surface area contributed by atoms with Gasteiger partial charge in [-0.05, 0) is 11.5 Å². The van der Waals surface area contributed by atoms with Crippen molar-refractivity contribution in [3.05, 3.63) is 54.1 Å². The van der Waals surface area contributed by atoms with Crippen molar-refractivity contribution in [1.82, 2.24) is 20.4 Å². The molecule has 8 heteroatoms. The second-order valence-corrected chi connectivity index (χ2v) is 3.91. The molecule has 0 spiro atoms. The molecular weight excluding hydrogens is 274 g/mol. The van der Waals surface area contributed by atoms with Crippen LogP contribution in [0.3, 0.4) is 0 Å². The van der Waals surface area contributed by atoms with Gasteiger partial charge in [0.1, 0.15) is 0 Å². The van der Waals surface area contributed by atoms with Crippen LogP contribution in [0.2, 0.25) is 0 Å². The number of benzene rings is 1. The Morgan fingerprint density at radius 2 is 1.95 bits per heavy atom. The summed E-state index contributed by atoms with van der Waals surface area (Å²) in [6.45, 7) is 0. The van der Waals surface area contributed by atoms with E-state index in [0.717, 1.165) is 5.39 Å². The number of pyridine rings is 1. The van der Waals surface area contributed by atoms with Gasteiger partial charge in [-0.25, -0.2) is 9.78 Å². The van der Waals surface area contributed by atoms with E-state index in [1.807, 2.05) is 12.1 Å². The average molecular weight is 285 g/mol. The van der Waals surface area contributed by atoms with Crippen molar-refractivity contribution in [1.29, 1.82) is 0 Å². The van der Waals surface area contributed by atoms with Gasteiger partial charge in [-0.15, -0.1) is 5.10 Å². The van der Waals surface area contributed by atoms with Gasteiger partial charge in [-0.2, -0.15) is 0 Å². The molecule has 0 saturated heterocycles. The first-order chi connectivity index (χ1) is 10.1. The van der Waals surface area contributed by atoms with Crippen molar-refractivity contribution < 1.29 is 14.7 Å². The minimum Gasteiger partial charge on any atom is -0.476 e. The Hall–Kier alpha value is -3.29. The van der Waals surface area contributed by atoms with Crippen LogP contribution in [0.25, 0.3) is 10.8 Å². The summed E-state index contributed by atoms with van der Waals surface area (Å²) in [5.74, 6) is -1.56. The highest BCUT2D eigenvalue weighted by Crippen LogP contribution is 2.15. The molecule has 106 valence electrons. The molecule has 0 saturated carbocycles. The lowest BCUT2D eigenvalue weighted by atomic mass is 10.1. The molecule has 1 aromatic carbocycles. The van der Waals surface area contributed by atoms with Crippen LogP contribution in [0.1, 0.15) is 21.0 Å². The molecule has 21 heavy (non-hydrogen) atoms. The first kappa shape index (κ1) is 14.1. The number of aromatic amines is 1. The first-order valence-corrected chi connectivity index (χ1v) is 5.83. The number of hydrogen-bond acceptors (Lipinski definition) is 5. The van der Waals surface area contributed by atoms with Gasteiger partial charge in [-0.1, -0.05) is 29.5 Å². The van der Waals surface area contributed by atoms with Gasteiger partial charge in [-0.3, -0.25) is 9.89 Å². The summed E-state index contributed by atoms with van der Waals surface area (Å²) in [6, 6.07) is 9.08. The number of carbonyl (C=O) groups is 2. The maximum absolute atomic E-state index is 10.8. The molecule has 1 amide bonds. The number of carbonyl (C=O) groups excluding carboxylic acids is 1. The van der Waals surface area contributed by atoms with E-state index in [1.54, 1.807) is 18.2 Å². The van der Waals surface area contributed by atoms with Gasteiger partial charge in [0.25, 0.3) is 5.91 Å². The van der Waals surface area contributed by atoms with Gasteiger partial charge >= 0.3 is 5.97 Å². The van der Waals surface area contributed by atoms with Crippen LogP contribution in [-0.4, -0.2) is 37.4 Å². The fourth-order valence-electron chi connectivity index (χ4n) is 1.61. The Bertz CT molecular complexity index is 765. The number of carboxylic acid groups (broad SMARTS) is 1. The minimum absolute atomic E-state index is 0.109. The van der Waals surface area contributed by atoms with E-state index in [0.29, 0.717) is 5.39 Å². The molecule has 0 unspecified atom stereocenters. The van der Waals surface area contributed by atoms with E-state index in [-0.39, 0.29) is 11.4 Å². The summed E-state index contributed by atoms with van der Waals surface area (Å²) in [5.41, 5.74) is 5.06. The Labute approximate surface area is 118 Å². The number of nitrogens with two attached hydrogens (primary N) is 1. The zero-order valence-electron chi connectivity index (χ0n) is 10.7. The summed E-state index contributed by atoms with van der Waals surface area (Å²) in [5, 5.41) is 19.3. The van der Waals surface area contributed by atoms with E-state index >= 15 is 0 Å². The van der Waals surface area contributed by atoms with E-state index in [4.69, 9.17) is 10.8 Å². The number of carboxylic acids is 1. The molecule has 0 aliphatic heterocycles. The smallest absolute Gasteiger partial charge is 0.355 e. The second kappa shape index (κ2) is 6.24. The van der Waals surface area contributed by atoms with Crippen molar-refractivity contribution >= 4 is 22.6 Å². The number of aromatic nitrogens is 4. The van der Waals surface area contributed by atoms with Crippen LogP contribution >= 0.6 is 0 Å². The van der Waals surface area contributed by atoms with Gasteiger partial charge in [0.05, 0.1) is 6.20 Å². The maximum Gasteiger partial charge on any atom is 0.355 e. The summed E-state index contributed by atoms with van der Waals surface area (Å²) in [7, 11) is 0. The number of hydrogen-bond donors (Lipinski definition) is 3. The molecule has 0 atom stereocenters. The fourth-order valence-corrected chi connectivity index (χ4v) is 1.61. The summed E-state index contributed by atoms with van der Waals surface area (Å²) in [6.07, 6.45) is 2.84. The summed E-state index contributed by atoms with van der Waals surface area (Å²) in [4.78, 5) is 24.7. The quantitative estimate of drug-likeness (QED) is 0.638. The molecule has 0 aliphatic rings. The Balaban J connectivity index is 0.000000173. The van der Waals surface area contributed by atoms with E-state index < -0.39 is 11.9 Å². The van der Waals surface area contributed by atoms with Crippen LogP contribution in [0.4, 0.5) is 0 Å². The van der Waals surface area contributed by atoms with Crippen molar-refractivity contribution in [3.8, 4) is 0 Å². The topological polar surface area (TPSA) is 135 Å². The second-order valence-electron chi connectivity index (χ2n) is 3.91. The number of H-pyrrole nitrogens is 1. The molecule has 3 rings (SSSR count). The lowest BCUT2D eigenvalue weighted by molar-refractivity contribution is 0.0692. The molecule has 2 heterocycles.